The number of ether oxygens (including phenoxy) is 4. The van der Waals surface area contributed by atoms with Crippen molar-refractivity contribution in [3.05, 3.63) is 0 Å². The summed E-state index contributed by atoms with van der Waals surface area (Å²) in [6, 6.07) is 0. The van der Waals surface area contributed by atoms with Gasteiger partial charge in [-0.3, -0.25) is 0 Å². The fourth-order valence-corrected chi connectivity index (χ4v) is 2.27. The van der Waals surface area contributed by atoms with Crippen LogP contribution in [0.1, 0.15) is 13.8 Å². The monoisotopic (exact) mass is 215 g/mol. The summed E-state index contributed by atoms with van der Waals surface area (Å²) in [7, 11) is 0. The van der Waals surface area contributed by atoms with Gasteiger partial charge in [-0.05, 0) is 13.8 Å². The maximum atomic E-state index is 8.95. The zero-order chi connectivity index (χ0) is 10.6. The zero-order valence-corrected chi connectivity index (χ0v) is 8.54. The van der Waals surface area contributed by atoms with Crippen molar-refractivity contribution in [3.63, 3.8) is 0 Å². The van der Waals surface area contributed by atoms with Gasteiger partial charge in [-0.1, -0.05) is 5.16 Å². The number of fused-ring (bicyclic) bond motifs is 4. The molecular formula is C9H13NO5. The lowest BCUT2D eigenvalue weighted by molar-refractivity contribution is -0.183. The minimum atomic E-state index is -0.692. The van der Waals surface area contributed by atoms with E-state index in [1.165, 1.54) is 0 Å². The molecular weight excluding hydrogens is 202 g/mol. The Morgan fingerprint density at radius 3 is 2.93 bits per heavy atom. The smallest absolute Gasteiger partial charge is 0.187 e. The van der Waals surface area contributed by atoms with Gasteiger partial charge in [0.2, 0.25) is 0 Å². The van der Waals surface area contributed by atoms with E-state index in [4.69, 9.17) is 24.2 Å². The van der Waals surface area contributed by atoms with Crippen LogP contribution in [-0.4, -0.2) is 47.9 Å². The molecule has 0 aromatic carbocycles. The molecule has 0 saturated carbocycles. The second-order valence-corrected chi connectivity index (χ2v) is 4.37. The highest BCUT2D eigenvalue weighted by Gasteiger charge is 2.57. The van der Waals surface area contributed by atoms with Crippen molar-refractivity contribution in [2.45, 2.75) is 44.2 Å². The van der Waals surface area contributed by atoms with Crippen LogP contribution in [0.15, 0.2) is 5.16 Å². The molecule has 15 heavy (non-hydrogen) atoms. The van der Waals surface area contributed by atoms with Gasteiger partial charge in [0.15, 0.2) is 12.1 Å². The van der Waals surface area contributed by atoms with Crippen LogP contribution in [0.5, 0.6) is 0 Å². The van der Waals surface area contributed by atoms with E-state index in [1.54, 1.807) is 0 Å². The standard InChI is InChI=1S/C9H13NO5/c1-9(2)14-6-5(10-11)4-3-12-8(13-4)7(6)15-9/h4,6-8,11H,3H2,1-2H3/b10-5+/t4-,6-,7+,8+/m0/s1. The first kappa shape index (κ1) is 9.53. The summed E-state index contributed by atoms with van der Waals surface area (Å²) in [4.78, 5) is 0. The Morgan fingerprint density at radius 2 is 2.20 bits per heavy atom. The van der Waals surface area contributed by atoms with Crippen LogP contribution in [-0.2, 0) is 18.9 Å². The van der Waals surface area contributed by atoms with Gasteiger partial charge in [-0.2, -0.15) is 0 Å². The summed E-state index contributed by atoms with van der Waals surface area (Å²) < 4.78 is 22.2. The quantitative estimate of drug-likeness (QED) is 0.458. The molecule has 0 aromatic heterocycles. The van der Waals surface area contributed by atoms with Gasteiger partial charge >= 0.3 is 0 Å². The Morgan fingerprint density at radius 1 is 1.40 bits per heavy atom. The van der Waals surface area contributed by atoms with E-state index in [9.17, 15) is 0 Å². The minimum Gasteiger partial charge on any atom is -0.411 e. The van der Waals surface area contributed by atoms with Gasteiger partial charge in [-0.15, -0.1) is 0 Å². The van der Waals surface area contributed by atoms with Crippen molar-refractivity contribution in [3.8, 4) is 0 Å². The van der Waals surface area contributed by atoms with Gasteiger partial charge in [0.1, 0.15) is 24.0 Å². The molecule has 1 N–H and O–H groups in total. The number of hydrogen-bond donors (Lipinski definition) is 1. The molecule has 6 nitrogen and oxygen atoms in total. The van der Waals surface area contributed by atoms with E-state index in [1.807, 2.05) is 13.8 Å². The molecule has 2 bridgehead atoms. The SMILES string of the molecule is CC1(C)O[C@H]2[C@@H]3OC[C@H](O3)/C(=N\O)[C@@H]2O1. The molecule has 0 unspecified atom stereocenters. The van der Waals surface area contributed by atoms with E-state index >= 15 is 0 Å². The fourth-order valence-electron chi connectivity index (χ4n) is 2.27. The van der Waals surface area contributed by atoms with Crippen LogP contribution in [0.3, 0.4) is 0 Å². The van der Waals surface area contributed by atoms with Gasteiger partial charge in [0.25, 0.3) is 0 Å². The van der Waals surface area contributed by atoms with Gasteiger partial charge in [0, 0.05) is 0 Å². The second-order valence-electron chi connectivity index (χ2n) is 4.37. The largest absolute Gasteiger partial charge is 0.411 e. The molecule has 0 aromatic rings. The summed E-state index contributed by atoms with van der Waals surface area (Å²) in [6.07, 6.45) is -1.42. The molecule has 0 aliphatic carbocycles. The molecule has 0 spiro atoms. The molecule has 0 amide bonds. The third kappa shape index (κ3) is 1.29. The zero-order valence-electron chi connectivity index (χ0n) is 8.54. The highest BCUT2D eigenvalue weighted by Crippen LogP contribution is 2.39. The molecule has 0 radical (unpaired) electrons. The number of hydrogen-bond acceptors (Lipinski definition) is 6. The summed E-state index contributed by atoms with van der Waals surface area (Å²) in [5.74, 6) is -0.692. The average molecular weight is 215 g/mol. The van der Waals surface area contributed by atoms with Crippen molar-refractivity contribution in [2.75, 3.05) is 6.61 Å². The molecule has 3 fully saturated rings. The predicted octanol–water partition coefficient (Wildman–Crippen LogP) is 0.0918. The van der Waals surface area contributed by atoms with Crippen molar-refractivity contribution in [1.29, 1.82) is 0 Å². The Balaban J connectivity index is 1.95. The maximum absolute atomic E-state index is 8.95. The molecule has 3 rings (SSSR count). The lowest BCUT2D eigenvalue weighted by Crippen LogP contribution is -2.49. The Hall–Kier alpha value is -0.690. The van der Waals surface area contributed by atoms with Crippen LogP contribution in [0.2, 0.25) is 0 Å². The number of oxime groups is 1. The first-order valence-electron chi connectivity index (χ1n) is 4.95. The first-order chi connectivity index (χ1) is 7.11. The highest BCUT2D eigenvalue weighted by molar-refractivity contribution is 5.94. The maximum Gasteiger partial charge on any atom is 0.187 e. The van der Waals surface area contributed by atoms with E-state index < -0.39 is 12.1 Å². The van der Waals surface area contributed by atoms with Gasteiger partial charge in [0.05, 0.1) is 6.61 Å². The molecule has 4 atom stereocenters. The summed E-state index contributed by atoms with van der Waals surface area (Å²) in [5.41, 5.74) is 0.458. The fraction of sp³-hybridized carbons (Fsp3) is 0.889. The Labute approximate surface area is 86.7 Å². The molecule has 3 heterocycles. The molecule has 84 valence electrons. The lowest BCUT2D eigenvalue weighted by Gasteiger charge is -2.27. The van der Waals surface area contributed by atoms with Crippen LogP contribution in [0.25, 0.3) is 0 Å². The van der Waals surface area contributed by atoms with Crippen molar-refractivity contribution in [2.24, 2.45) is 5.16 Å². The molecule has 3 aliphatic heterocycles. The molecule has 3 saturated heterocycles. The van der Waals surface area contributed by atoms with Gasteiger partial charge < -0.3 is 24.2 Å². The summed E-state index contributed by atoms with van der Waals surface area (Å²) >= 11 is 0. The summed E-state index contributed by atoms with van der Waals surface area (Å²) in [6.45, 7) is 4.02. The van der Waals surface area contributed by atoms with E-state index in [-0.39, 0.29) is 18.3 Å². The van der Waals surface area contributed by atoms with Crippen molar-refractivity contribution < 1.29 is 24.2 Å². The van der Waals surface area contributed by atoms with E-state index in [0.29, 0.717) is 12.3 Å². The molecule has 3 aliphatic rings. The highest BCUT2D eigenvalue weighted by atomic mass is 16.8. The van der Waals surface area contributed by atoms with Crippen LogP contribution in [0, 0.1) is 0 Å². The average Bonchev–Trinajstić information content (AvgIpc) is 2.70. The number of nitrogens with zero attached hydrogens (tertiary/aromatic N) is 1. The topological polar surface area (TPSA) is 69.5 Å². The van der Waals surface area contributed by atoms with Crippen LogP contribution in [0.4, 0.5) is 0 Å². The Kier molecular flexibility index (Phi) is 1.85. The molecule has 6 heteroatoms. The van der Waals surface area contributed by atoms with Crippen LogP contribution < -0.4 is 0 Å². The Bertz CT molecular complexity index is 316. The normalized spacial score (nSPS) is 49.6. The van der Waals surface area contributed by atoms with Crippen molar-refractivity contribution >= 4 is 5.71 Å². The van der Waals surface area contributed by atoms with Crippen LogP contribution >= 0.6 is 0 Å². The minimum absolute atomic E-state index is 0.307. The number of rotatable bonds is 0. The van der Waals surface area contributed by atoms with Gasteiger partial charge in [-0.25, -0.2) is 0 Å². The first-order valence-corrected chi connectivity index (χ1v) is 4.95. The second kappa shape index (κ2) is 2.91. The lowest BCUT2D eigenvalue weighted by atomic mass is 10.0. The summed E-state index contributed by atoms with van der Waals surface area (Å²) in [5, 5.41) is 12.2. The predicted molar refractivity (Wildman–Crippen MR) is 47.7 cm³/mol. The van der Waals surface area contributed by atoms with Crippen molar-refractivity contribution in [1.82, 2.24) is 0 Å². The van der Waals surface area contributed by atoms with E-state index in [2.05, 4.69) is 5.16 Å². The third-order valence-electron chi connectivity index (χ3n) is 2.84. The van der Waals surface area contributed by atoms with E-state index in [0.717, 1.165) is 0 Å². The third-order valence-corrected chi connectivity index (χ3v) is 2.84.